The van der Waals surface area contributed by atoms with Crippen LogP contribution in [0.15, 0.2) is 24.3 Å². The van der Waals surface area contributed by atoms with E-state index in [1.54, 1.807) is 13.2 Å². The van der Waals surface area contributed by atoms with Crippen LogP contribution < -0.4 is 0 Å². The Labute approximate surface area is 88.8 Å². The molecule has 0 fully saturated rings. The first-order chi connectivity index (χ1) is 6.62. The maximum Gasteiger partial charge on any atom is 0.123 e. The smallest absolute Gasteiger partial charge is 0.123 e. The summed E-state index contributed by atoms with van der Waals surface area (Å²) < 4.78 is 5.33. The SMILES string of the molecule is COC(C)(CC=O)c1cccc(Cl)c1. The summed E-state index contributed by atoms with van der Waals surface area (Å²) in [6.07, 6.45) is 1.17. The highest BCUT2D eigenvalue weighted by Crippen LogP contribution is 2.29. The second-order valence-electron chi connectivity index (χ2n) is 3.32. The molecule has 14 heavy (non-hydrogen) atoms. The fourth-order valence-corrected chi connectivity index (χ4v) is 1.49. The van der Waals surface area contributed by atoms with Crippen LogP contribution in [0.4, 0.5) is 0 Å². The largest absolute Gasteiger partial charge is 0.373 e. The Morgan fingerprint density at radius 1 is 1.57 bits per heavy atom. The normalized spacial score (nSPS) is 14.8. The summed E-state index contributed by atoms with van der Waals surface area (Å²) in [5, 5.41) is 0.650. The Balaban J connectivity index is 3.05. The number of ether oxygens (including phenoxy) is 1. The topological polar surface area (TPSA) is 26.3 Å². The van der Waals surface area contributed by atoms with Crippen molar-refractivity contribution in [3.8, 4) is 0 Å². The number of rotatable bonds is 4. The van der Waals surface area contributed by atoms with Crippen LogP contribution in [0.3, 0.4) is 0 Å². The summed E-state index contributed by atoms with van der Waals surface area (Å²) in [7, 11) is 1.59. The van der Waals surface area contributed by atoms with Crippen molar-refractivity contribution >= 4 is 17.9 Å². The molecule has 0 aliphatic heterocycles. The zero-order valence-electron chi connectivity index (χ0n) is 8.29. The number of benzene rings is 1. The fourth-order valence-electron chi connectivity index (χ4n) is 1.30. The lowest BCUT2D eigenvalue weighted by molar-refractivity contribution is -0.113. The van der Waals surface area contributed by atoms with E-state index < -0.39 is 5.60 Å². The quantitative estimate of drug-likeness (QED) is 0.718. The Bertz CT molecular complexity index is 325. The molecule has 0 radical (unpaired) electrons. The van der Waals surface area contributed by atoms with E-state index in [1.807, 2.05) is 25.1 Å². The molecule has 0 aromatic heterocycles. The summed E-state index contributed by atoms with van der Waals surface area (Å²) in [6.45, 7) is 1.87. The number of aldehydes is 1. The number of hydrogen-bond acceptors (Lipinski definition) is 2. The molecule has 0 heterocycles. The molecular weight excluding hydrogens is 200 g/mol. The van der Waals surface area contributed by atoms with E-state index in [1.165, 1.54) is 0 Å². The Hall–Kier alpha value is -0.860. The second-order valence-corrected chi connectivity index (χ2v) is 3.75. The van der Waals surface area contributed by atoms with E-state index in [2.05, 4.69) is 0 Å². The number of hydrogen-bond donors (Lipinski definition) is 0. The van der Waals surface area contributed by atoms with Gasteiger partial charge < -0.3 is 9.53 Å². The number of carbonyl (C=O) groups excluding carboxylic acids is 1. The van der Waals surface area contributed by atoms with E-state index in [9.17, 15) is 4.79 Å². The summed E-state index contributed by atoms with van der Waals surface area (Å²) >= 11 is 5.86. The minimum absolute atomic E-state index is 0.323. The van der Waals surface area contributed by atoms with Crippen LogP contribution in [-0.2, 0) is 15.1 Å². The first kappa shape index (κ1) is 11.2. The number of carbonyl (C=O) groups is 1. The molecule has 0 spiro atoms. The minimum atomic E-state index is -0.577. The zero-order chi connectivity index (χ0) is 10.6. The molecular formula is C11H13ClO2. The van der Waals surface area contributed by atoms with Gasteiger partial charge in [-0.3, -0.25) is 0 Å². The van der Waals surface area contributed by atoms with Crippen LogP contribution in [0.5, 0.6) is 0 Å². The van der Waals surface area contributed by atoms with Gasteiger partial charge in [-0.1, -0.05) is 23.7 Å². The third-order valence-corrected chi connectivity index (χ3v) is 2.59. The van der Waals surface area contributed by atoms with Crippen molar-refractivity contribution in [2.24, 2.45) is 0 Å². The van der Waals surface area contributed by atoms with Crippen LogP contribution in [0.25, 0.3) is 0 Å². The molecule has 0 amide bonds. The lowest BCUT2D eigenvalue weighted by atomic mass is 9.93. The van der Waals surface area contributed by atoms with Crippen molar-refractivity contribution in [3.63, 3.8) is 0 Å². The van der Waals surface area contributed by atoms with Gasteiger partial charge in [0.05, 0.1) is 5.60 Å². The molecule has 1 aromatic carbocycles. The number of methoxy groups -OCH3 is 1. The van der Waals surface area contributed by atoms with Crippen LogP contribution in [-0.4, -0.2) is 13.4 Å². The second kappa shape index (κ2) is 4.58. The molecule has 2 nitrogen and oxygen atoms in total. The van der Waals surface area contributed by atoms with Crippen molar-refractivity contribution in [3.05, 3.63) is 34.9 Å². The maximum absolute atomic E-state index is 10.5. The van der Waals surface area contributed by atoms with E-state index >= 15 is 0 Å². The molecule has 0 N–H and O–H groups in total. The van der Waals surface area contributed by atoms with Gasteiger partial charge in [-0.05, 0) is 24.6 Å². The van der Waals surface area contributed by atoms with Crippen molar-refractivity contribution in [1.29, 1.82) is 0 Å². The Morgan fingerprint density at radius 3 is 2.79 bits per heavy atom. The lowest BCUT2D eigenvalue weighted by Crippen LogP contribution is -2.24. The average molecular weight is 213 g/mol. The average Bonchev–Trinajstić information content (AvgIpc) is 2.18. The van der Waals surface area contributed by atoms with E-state index in [-0.39, 0.29) is 0 Å². The molecule has 0 saturated heterocycles. The van der Waals surface area contributed by atoms with Gasteiger partial charge in [0, 0.05) is 18.6 Å². The van der Waals surface area contributed by atoms with Gasteiger partial charge in [0.15, 0.2) is 0 Å². The van der Waals surface area contributed by atoms with E-state index in [4.69, 9.17) is 16.3 Å². The predicted molar refractivity (Wildman–Crippen MR) is 56.5 cm³/mol. The van der Waals surface area contributed by atoms with Crippen LogP contribution in [0.1, 0.15) is 18.9 Å². The predicted octanol–water partition coefficient (Wildman–Crippen LogP) is 2.79. The zero-order valence-corrected chi connectivity index (χ0v) is 9.04. The first-order valence-corrected chi connectivity index (χ1v) is 4.75. The first-order valence-electron chi connectivity index (χ1n) is 4.37. The molecule has 1 rings (SSSR count). The van der Waals surface area contributed by atoms with Gasteiger partial charge in [0.2, 0.25) is 0 Å². The Morgan fingerprint density at radius 2 is 2.29 bits per heavy atom. The van der Waals surface area contributed by atoms with Crippen molar-refractivity contribution < 1.29 is 9.53 Å². The van der Waals surface area contributed by atoms with Crippen LogP contribution in [0, 0.1) is 0 Å². The van der Waals surface area contributed by atoms with Crippen molar-refractivity contribution in [1.82, 2.24) is 0 Å². The number of halogens is 1. The third kappa shape index (κ3) is 2.34. The van der Waals surface area contributed by atoms with Gasteiger partial charge in [0.1, 0.15) is 6.29 Å². The monoisotopic (exact) mass is 212 g/mol. The van der Waals surface area contributed by atoms with Crippen molar-refractivity contribution in [2.75, 3.05) is 7.11 Å². The van der Waals surface area contributed by atoms with Gasteiger partial charge in [0.25, 0.3) is 0 Å². The third-order valence-electron chi connectivity index (χ3n) is 2.36. The molecule has 3 heteroatoms. The van der Waals surface area contributed by atoms with Crippen LogP contribution >= 0.6 is 11.6 Å². The van der Waals surface area contributed by atoms with Gasteiger partial charge in [-0.15, -0.1) is 0 Å². The van der Waals surface area contributed by atoms with Crippen LogP contribution in [0.2, 0.25) is 5.02 Å². The van der Waals surface area contributed by atoms with E-state index in [0.717, 1.165) is 11.8 Å². The summed E-state index contributed by atoms with van der Waals surface area (Å²) in [5.74, 6) is 0. The summed E-state index contributed by atoms with van der Waals surface area (Å²) in [4.78, 5) is 10.5. The van der Waals surface area contributed by atoms with Gasteiger partial charge in [-0.25, -0.2) is 0 Å². The molecule has 0 aliphatic rings. The Kier molecular flexibility index (Phi) is 3.67. The molecule has 0 saturated carbocycles. The van der Waals surface area contributed by atoms with Gasteiger partial charge >= 0.3 is 0 Å². The molecule has 0 bridgehead atoms. The molecule has 1 unspecified atom stereocenters. The standard InChI is InChI=1S/C11H13ClO2/c1-11(14-2,6-7-13)9-4-3-5-10(12)8-9/h3-5,7-8H,6H2,1-2H3. The summed E-state index contributed by atoms with van der Waals surface area (Å²) in [5.41, 5.74) is 0.340. The highest BCUT2D eigenvalue weighted by molar-refractivity contribution is 6.30. The molecule has 1 atom stereocenters. The van der Waals surface area contributed by atoms with E-state index in [0.29, 0.717) is 11.4 Å². The molecule has 76 valence electrons. The lowest BCUT2D eigenvalue weighted by Gasteiger charge is -2.26. The molecule has 1 aromatic rings. The summed E-state index contributed by atoms with van der Waals surface area (Å²) in [6, 6.07) is 7.36. The highest BCUT2D eigenvalue weighted by Gasteiger charge is 2.25. The van der Waals surface area contributed by atoms with Gasteiger partial charge in [-0.2, -0.15) is 0 Å². The fraction of sp³-hybridized carbons (Fsp3) is 0.364. The highest BCUT2D eigenvalue weighted by atomic mass is 35.5. The minimum Gasteiger partial charge on any atom is -0.373 e. The van der Waals surface area contributed by atoms with Crippen molar-refractivity contribution in [2.45, 2.75) is 18.9 Å². The molecule has 0 aliphatic carbocycles. The maximum atomic E-state index is 10.5.